The van der Waals surface area contributed by atoms with E-state index < -0.39 is 0 Å². The van der Waals surface area contributed by atoms with Crippen molar-refractivity contribution in [2.24, 2.45) is 10.8 Å². The molecule has 1 N–H and O–H groups in total. The number of hydrogen-bond donors (Lipinski definition) is 1. The van der Waals surface area contributed by atoms with Crippen molar-refractivity contribution in [2.75, 3.05) is 59.4 Å². The molecule has 2 aromatic rings. The van der Waals surface area contributed by atoms with Crippen molar-refractivity contribution in [1.82, 2.24) is 40.0 Å². The van der Waals surface area contributed by atoms with Crippen LogP contribution >= 0.6 is 23.2 Å². The molecule has 6 heterocycles. The third kappa shape index (κ3) is 6.48. The molecule has 0 unspecified atom stereocenters. The summed E-state index contributed by atoms with van der Waals surface area (Å²) >= 11 is 11.4. The van der Waals surface area contributed by atoms with Crippen LogP contribution in [-0.2, 0) is 13.1 Å². The van der Waals surface area contributed by atoms with Crippen LogP contribution in [-0.4, -0.2) is 94.0 Å². The van der Waals surface area contributed by atoms with Gasteiger partial charge in [-0.05, 0) is 92.9 Å². The molecular weight excluding hydrogens is 483 g/mol. The first-order chi connectivity index (χ1) is 16.9. The Kier molecular flexibility index (Phi) is 7.87. The molecule has 0 aliphatic carbocycles. The van der Waals surface area contributed by atoms with E-state index in [1.807, 2.05) is 24.8 Å². The molecule has 4 aliphatic rings. The van der Waals surface area contributed by atoms with Gasteiger partial charge in [0.25, 0.3) is 0 Å². The quantitative estimate of drug-likeness (QED) is 0.619. The van der Waals surface area contributed by atoms with Gasteiger partial charge >= 0.3 is 0 Å². The van der Waals surface area contributed by atoms with Crippen molar-refractivity contribution in [1.29, 1.82) is 0 Å². The van der Waals surface area contributed by atoms with Gasteiger partial charge in [-0.2, -0.15) is 0 Å². The molecule has 35 heavy (non-hydrogen) atoms. The lowest BCUT2D eigenvalue weighted by molar-refractivity contribution is -0.0471. The molecule has 0 aromatic carbocycles. The van der Waals surface area contributed by atoms with E-state index in [4.69, 9.17) is 23.2 Å². The number of likely N-dealkylation sites (tertiary alicyclic amines) is 3. The highest BCUT2D eigenvalue weighted by Crippen LogP contribution is 2.41. The summed E-state index contributed by atoms with van der Waals surface area (Å²) in [7, 11) is 2.22. The fraction of sp³-hybridized carbons (Fsp3) is 0.680. The fourth-order valence-electron chi connectivity index (χ4n) is 6.07. The van der Waals surface area contributed by atoms with Gasteiger partial charge in [-0.1, -0.05) is 0 Å². The van der Waals surface area contributed by atoms with Crippen LogP contribution in [0.15, 0.2) is 24.8 Å². The van der Waals surface area contributed by atoms with Gasteiger partial charge in [0.1, 0.15) is 0 Å². The lowest BCUT2D eigenvalue weighted by Crippen LogP contribution is -2.59. The van der Waals surface area contributed by atoms with E-state index in [0.717, 1.165) is 24.2 Å². The third-order valence-electron chi connectivity index (χ3n) is 8.11. The largest absolute Gasteiger partial charge is 0.317 e. The van der Waals surface area contributed by atoms with Gasteiger partial charge in [-0.3, -0.25) is 9.80 Å². The Hall–Kier alpha value is -1.42. The monoisotopic (exact) mass is 518 g/mol. The van der Waals surface area contributed by atoms with Crippen molar-refractivity contribution in [3.05, 3.63) is 46.5 Å². The molecule has 4 saturated heterocycles. The van der Waals surface area contributed by atoms with Crippen LogP contribution in [0.2, 0.25) is 10.6 Å². The van der Waals surface area contributed by atoms with Crippen molar-refractivity contribution in [3.63, 3.8) is 0 Å². The third-order valence-corrected chi connectivity index (χ3v) is 8.50. The van der Waals surface area contributed by atoms with Crippen molar-refractivity contribution in [3.8, 4) is 0 Å². The Balaban J connectivity index is 0.000000145. The first kappa shape index (κ1) is 25.2. The summed E-state index contributed by atoms with van der Waals surface area (Å²) < 4.78 is 0. The second-order valence-electron chi connectivity index (χ2n) is 11.1. The van der Waals surface area contributed by atoms with E-state index in [1.54, 1.807) is 0 Å². The van der Waals surface area contributed by atoms with Crippen LogP contribution in [0.3, 0.4) is 0 Å². The van der Waals surface area contributed by atoms with Gasteiger partial charge < -0.3 is 10.2 Å². The van der Waals surface area contributed by atoms with Gasteiger partial charge in [0.2, 0.25) is 10.6 Å². The van der Waals surface area contributed by atoms with Gasteiger partial charge in [0.05, 0.1) is 0 Å². The maximum absolute atomic E-state index is 5.69. The number of hydrogen-bond acceptors (Lipinski definition) is 8. The number of rotatable bonds is 4. The van der Waals surface area contributed by atoms with E-state index in [1.165, 1.54) is 78.0 Å². The van der Waals surface area contributed by atoms with E-state index in [-0.39, 0.29) is 0 Å². The summed E-state index contributed by atoms with van der Waals surface area (Å²) in [5, 5.41) is 4.08. The minimum absolute atomic E-state index is 0.326. The minimum atomic E-state index is 0.326. The summed E-state index contributed by atoms with van der Waals surface area (Å²) in [4.78, 5) is 23.5. The molecule has 190 valence electrons. The number of aromatic nitrogens is 4. The second-order valence-corrected chi connectivity index (χ2v) is 11.7. The molecule has 0 radical (unpaired) electrons. The first-order valence-electron chi connectivity index (χ1n) is 12.7. The van der Waals surface area contributed by atoms with Crippen LogP contribution in [0, 0.1) is 10.8 Å². The Morgan fingerprint density at radius 1 is 0.714 bits per heavy atom. The van der Waals surface area contributed by atoms with E-state index >= 15 is 0 Å². The van der Waals surface area contributed by atoms with Gasteiger partial charge in [-0.15, -0.1) is 0 Å². The number of piperidine rings is 2. The van der Waals surface area contributed by atoms with Crippen LogP contribution in [0.5, 0.6) is 0 Å². The molecule has 2 aromatic heterocycles. The maximum atomic E-state index is 5.69. The molecule has 2 spiro atoms. The zero-order chi connectivity index (χ0) is 24.3. The van der Waals surface area contributed by atoms with Gasteiger partial charge in [0, 0.05) is 75.2 Å². The van der Waals surface area contributed by atoms with E-state index in [9.17, 15) is 0 Å². The minimum Gasteiger partial charge on any atom is -0.317 e. The lowest BCUT2D eigenvalue weighted by atomic mass is 9.72. The summed E-state index contributed by atoms with van der Waals surface area (Å²) in [5.41, 5.74) is 3.50. The molecule has 4 aliphatic heterocycles. The maximum Gasteiger partial charge on any atom is 0.222 e. The number of nitrogens with zero attached hydrogens (tertiary/aromatic N) is 7. The van der Waals surface area contributed by atoms with Crippen LogP contribution in [0.4, 0.5) is 0 Å². The highest BCUT2D eigenvalue weighted by Gasteiger charge is 2.44. The highest BCUT2D eigenvalue weighted by molar-refractivity contribution is 6.28. The van der Waals surface area contributed by atoms with E-state index in [0.29, 0.717) is 21.4 Å². The zero-order valence-corrected chi connectivity index (χ0v) is 22.1. The van der Waals surface area contributed by atoms with Crippen LogP contribution in [0.25, 0.3) is 0 Å². The molecule has 4 fully saturated rings. The average molecular weight is 520 g/mol. The van der Waals surface area contributed by atoms with Crippen LogP contribution in [0.1, 0.15) is 36.8 Å². The Morgan fingerprint density at radius 2 is 1.11 bits per heavy atom. The van der Waals surface area contributed by atoms with Crippen molar-refractivity contribution in [2.45, 2.75) is 38.8 Å². The van der Waals surface area contributed by atoms with E-state index in [2.05, 4.69) is 47.0 Å². The normalized spacial score (nSPS) is 23.9. The van der Waals surface area contributed by atoms with Crippen molar-refractivity contribution < 1.29 is 0 Å². The number of nitrogens with one attached hydrogen (secondary N) is 1. The van der Waals surface area contributed by atoms with Gasteiger partial charge in [-0.25, -0.2) is 19.9 Å². The summed E-state index contributed by atoms with van der Waals surface area (Å²) in [6.45, 7) is 11.6. The fourth-order valence-corrected chi connectivity index (χ4v) is 6.26. The molecular formula is C25H36Cl2N8. The standard InChI is InChI=1S/C13H19ClN4.C12H17ClN4/c1-17-4-2-13(3-5-17)9-18(10-13)8-11-6-15-12(14)16-7-11;13-11-15-5-10(6-16-11)7-17-8-12(9-17)1-3-14-4-2-12/h6-7H,2-5,8-10H2,1H3;5-6,14H,1-4,7-9H2. The Labute approximate surface area is 218 Å². The summed E-state index contributed by atoms with van der Waals surface area (Å²) in [6.07, 6.45) is 12.6. The average Bonchev–Trinajstić information content (AvgIpc) is 2.82. The second kappa shape index (κ2) is 10.9. The predicted molar refractivity (Wildman–Crippen MR) is 138 cm³/mol. The van der Waals surface area contributed by atoms with Gasteiger partial charge in [0.15, 0.2) is 0 Å². The molecule has 0 saturated carbocycles. The molecule has 0 atom stereocenters. The first-order valence-corrected chi connectivity index (χ1v) is 13.4. The smallest absolute Gasteiger partial charge is 0.222 e. The molecule has 0 amide bonds. The predicted octanol–water partition coefficient (Wildman–Crippen LogP) is 2.97. The zero-order valence-electron chi connectivity index (χ0n) is 20.6. The molecule has 8 nitrogen and oxygen atoms in total. The SMILES string of the molecule is CN1CCC2(CC1)CN(Cc1cnc(Cl)nc1)C2.Clc1ncc(CN2CC3(CCNCC3)C2)cn1. The summed E-state index contributed by atoms with van der Waals surface area (Å²) in [5.74, 6) is 0. The highest BCUT2D eigenvalue weighted by atomic mass is 35.5. The molecule has 6 rings (SSSR count). The molecule has 10 heteroatoms. The Bertz CT molecular complexity index is 940. The number of halogens is 2. The molecule has 0 bridgehead atoms. The summed E-state index contributed by atoms with van der Waals surface area (Å²) in [6, 6.07) is 0. The topological polar surface area (TPSA) is 73.3 Å². The van der Waals surface area contributed by atoms with Crippen molar-refractivity contribution >= 4 is 23.2 Å². The lowest BCUT2D eigenvalue weighted by Gasteiger charge is -2.53. The van der Waals surface area contributed by atoms with Crippen LogP contribution < -0.4 is 5.32 Å². The Morgan fingerprint density at radius 3 is 1.54 bits per heavy atom.